The largest absolute Gasteiger partial charge is 0.404 e. The Labute approximate surface area is 86.9 Å². The van der Waals surface area contributed by atoms with Crippen molar-refractivity contribution in [2.45, 2.75) is 6.92 Å². The number of aromatic amines is 1. The molecule has 15 heavy (non-hydrogen) atoms. The van der Waals surface area contributed by atoms with Crippen molar-refractivity contribution in [3.63, 3.8) is 0 Å². The molecule has 0 aliphatic carbocycles. The highest BCUT2D eigenvalue weighted by molar-refractivity contribution is 5.90. The van der Waals surface area contributed by atoms with E-state index in [1.165, 1.54) is 0 Å². The number of carbonyl (C=O) groups excluding carboxylic acids is 1. The van der Waals surface area contributed by atoms with Crippen LogP contribution >= 0.6 is 0 Å². The number of esters is 1. The van der Waals surface area contributed by atoms with E-state index in [0.717, 1.165) is 5.69 Å². The summed E-state index contributed by atoms with van der Waals surface area (Å²) in [7, 11) is 0. The Kier molecular flexibility index (Phi) is 2.49. The molecule has 1 aromatic heterocycles. The van der Waals surface area contributed by atoms with E-state index in [4.69, 9.17) is 4.74 Å². The van der Waals surface area contributed by atoms with Gasteiger partial charge >= 0.3 is 5.97 Å². The fourth-order valence-corrected chi connectivity index (χ4v) is 1.18. The topological polar surface area (TPSA) is 55.0 Å². The number of ether oxygens (including phenoxy) is 1. The summed E-state index contributed by atoms with van der Waals surface area (Å²) < 4.78 is 5.06. The van der Waals surface area contributed by atoms with Crippen LogP contribution in [0.3, 0.4) is 0 Å². The number of carbonyl (C=O) groups is 1. The number of benzene rings is 1. The number of hydrogen-bond acceptors (Lipinski definition) is 3. The monoisotopic (exact) mass is 202 g/mol. The van der Waals surface area contributed by atoms with Crippen LogP contribution in [0.1, 0.15) is 16.1 Å². The summed E-state index contributed by atoms with van der Waals surface area (Å²) in [6, 6.07) is 10.5. The minimum atomic E-state index is -0.390. The molecule has 0 spiro atoms. The maximum atomic E-state index is 11.6. The highest BCUT2D eigenvalue weighted by atomic mass is 16.5. The first kappa shape index (κ1) is 9.45. The highest BCUT2D eigenvalue weighted by Gasteiger charge is 2.08. The highest BCUT2D eigenvalue weighted by Crippen LogP contribution is 2.09. The zero-order valence-electron chi connectivity index (χ0n) is 8.23. The van der Waals surface area contributed by atoms with Crippen molar-refractivity contribution in [1.82, 2.24) is 10.2 Å². The van der Waals surface area contributed by atoms with E-state index in [9.17, 15) is 4.79 Å². The van der Waals surface area contributed by atoms with Crippen molar-refractivity contribution in [3.05, 3.63) is 47.7 Å². The lowest BCUT2D eigenvalue weighted by Crippen LogP contribution is -2.08. The average Bonchev–Trinajstić information content (AvgIpc) is 2.65. The molecule has 0 aliphatic heterocycles. The van der Waals surface area contributed by atoms with Crippen LogP contribution in [0.15, 0.2) is 36.4 Å². The molecular formula is C11H10N2O2. The van der Waals surface area contributed by atoms with E-state index in [1.54, 1.807) is 30.3 Å². The van der Waals surface area contributed by atoms with E-state index in [2.05, 4.69) is 10.2 Å². The van der Waals surface area contributed by atoms with E-state index >= 15 is 0 Å². The van der Waals surface area contributed by atoms with Crippen LogP contribution in [0.4, 0.5) is 0 Å². The van der Waals surface area contributed by atoms with Crippen LogP contribution in [0.2, 0.25) is 0 Å². The number of hydrogen-bond donors (Lipinski definition) is 1. The third kappa shape index (κ3) is 2.22. The van der Waals surface area contributed by atoms with E-state index in [0.29, 0.717) is 11.4 Å². The maximum Gasteiger partial charge on any atom is 0.344 e. The number of H-pyrrole nitrogens is 1. The summed E-state index contributed by atoms with van der Waals surface area (Å²) in [5.41, 5.74) is 1.30. The Morgan fingerprint density at radius 2 is 2.07 bits per heavy atom. The molecule has 0 aliphatic rings. The summed E-state index contributed by atoms with van der Waals surface area (Å²) in [4.78, 5) is 11.6. The van der Waals surface area contributed by atoms with Gasteiger partial charge in [-0.2, -0.15) is 5.10 Å². The standard InChI is InChI=1S/C11H10N2O2/c1-8-7-10(13-12-8)15-11(14)9-5-3-2-4-6-9/h2-7H,1H3,(H,12,13). The third-order valence-corrected chi connectivity index (χ3v) is 1.89. The molecule has 4 nitrogen and oxygen atoms in total. The molecule has 0 atom stereocenters. The van der Waals surface area contributed by atoms with Gasteiger partial charge in [0.15, 0.2) is 0 Å². The van der Waals surface area contributed by atoms with Gasteiger partial charge in [0.1, 0.15) is 0 Å². The zero-order valence-corrected chi connectivity index (χ0v) is 8.23. The molecule has 1 heterocycles. The number of aromatic nitrogens is 2. The SMILES string of the molecule is Cc1cc(OC(=O)c2ccccc2)[nH]n1. The number of aryl methyl sites for hydroxylation is 1. The quantitative estimate of drug-likeness (QED) is 0.757. The first-order valence-corrected chi connectivity index (χ1v) is 4.55. The molecule has 0 saturated heterocycles. The van der Waals surface area contributed by atoms with E-state index in [-0.39, 0.29) is 5.97 Å². The van der Waals surface area contributed by atoms with Gasteiger partial charge in [0, 0.05) is 6.07 Å². The summed E-state index contributed by atoms with van der Waals surface area (Å²) in [6.45, 7) is 1.82. The molecule has 0 saturated carbocycles. The summed E-state index contributed by atoms with van der Waals surface area (Å²) in [6.07, 6.45) is 0. The van der Waals surface area contributed by atoms with Crippen molar-refractivity contribution in [2.24, 2.45) is 0 Å². The lowest BCUT2D eigenvalue weighted by molar-refractivity contribution is 0.0727. The summed E-state index contributed by atoms with van der Waals surface area (Å²) >= 11 is 0. The van der Waals surface area contributed by atoms with Gasteiger partial charge in [-0.15, -0.1) is 0 Å². The number of rotatable bonds is 2. The van der Waals surface area contributed by atoms with Gasteiger partial charge < -0.3 is 4.74 Å². The molecule has 0 amide bonds. The van der Waals surface area contributed by atoms with Gasteiger partial charge in [0.2, 0.25) is 5.88 Å². The predicted molar refractivity (Wildman–Crippen MR) is 54.7 cm³/mol. The Morgan fingerprint density at radius 3 is 2.67 bits per heavy atom. The molecule has 0 bridgehead atoms. The molecule has 0 unspecified atom stereocenters. The molecule has 2 aromatic rings. The Hall–Kier alpha value is -2.10. The number of nitrogens with zero attached hydrogens (tertiary/aromatic N) is 1. The number of nitrogens with one attached hydrogen (secondary N) is 1. The molecular weight excluding hydrogens is 192 g/mol. The van der Waals surface area contributed by atoms with Gasteiger partial charge in [0.05, 0.1) is 11.3 Å². The van der Waals surface area contributed by atoms with Crippen LogP contribution in [0, 0.1) is 6.92 Å². The third-order valence-electron chi connectivity index (χ3n) is 1.89. The van der Waals surface area contributed by atoms with Gasteiger partial charge in [-0.1, -0.05) is 18.2 Å². The summed E-state index contributed by atoms with van der Waals surface area (Å²) in [5.74, 6) is -0.0272. The molecule has 1 aromatic carbocycles. The maximum absolute atomic E-state index is 11.6. The van der Waals surface area contributed by atoms with E-state index in [1.807, 2.05) is 13.0 Å². The minimum absolute atomic E-state index is 0.362. The Bertz CT molecular complexity index is 462. The van der Waals surface area contributed by atoms with Gasteiger partial charge in [0.25, 0.3) is 0 Å². The van der Waals surface area contributed by atoms with Crippen molar-refractivity contribution in [2.75, 3.05) is 0 Å². The Morgan fingerprint density at radius 1 is 1.33 bits per heavy atom. The molecule has 1 N–H and O–H groups in total. The smallest absolute Gasteiger partial charge is 0.344 e. The van der Waals surface area contributed by atoms with E-state index < -0.39 is 0 Å². The zero-order chi connectivity index (χ0) is 10.7. The van der Waals surface area contributed by atoms with Crippen LogP contribution in [0.25, 0.3) is 0 Å². The van der Waals surface area contributed by atoms with Gasteiger partial charge in [-0.05, 0) is 19.1 Å². The minimum Gasteiger partial charge on any atom is -0.404 e. The lowest BCUT2D eigenvalue weighted by atomic mass is 10.2. The molecule has 76 valence electrons. The van der Waals surface area contributed by atoms with Gasteiger partial charge in [-0.3, -0.25) is 0 Å². The van der Waals surface area contributed by atoms with Crippen LogP contribution < -0.4 is 4.74 Å². The molecule has 0 fully saturated rings. The average molecular weight is 202 g/mol. The molecule has 2 rings (SSSR count). The van der Waals surface area contributed by atoms with Crippen molar-refractivity contribution < 1.29 is 9.53 Å². The Balaban J connectivity index is 2.11. The fourth-order valence-electron chi connectivity index (χ4n) is 1.18. The first-order valence-electron chi connectivity index (χ1n) is 4.55. The predicted octanol–water partition coefficient (Wildman–Crippen LogP) is 1.94. The van der Waals surface area contributed by atoms with Crippen molar-refractivity contribution in [3.8, 4) is 5.88 Å². The lowest BCUT2D eigenvalue weighted by Gasteiger charge is -1.99. The summed E-state index contributed by atoms with van der Waals surface area (Å²) in [5, 5.41) is 6.47. The van der Waals surface area contributed by atoms with Crippen molar-refractivity contribution >= 4 is 5.97 Å². The van der Waals surface area contributed by atoms with Crippen LogP contribution in [-0.2, 0) is 0 Å². The van der Waals surface area contributed by atoms with Crippen LogP contribution in [0.5, 0.6) is 5.88 Å². The van der Waals surface area contributed by atoms with Crippen molar-refractivity contribution in [1.29, 1.82) is 0 Å². The second-order valence-electron chi connectivity index (χ2n) is 3.13. The molecule has 4 heteroatoms. The van der Waals surface area contributed by atoms with Crippen LogP contribution in [-0.4, -0.2) is 16.2 Å². The molecule has 0 radical (unpaired) electrons. The van der Waals surface area contributed by atoms with Gasteiger partial charge in [-0.25, -0.2) is 9.89 Å². The first-order chi connectivity index (χ1) is 7.25. The fraction of sp³-hybridized carbons (Fsp3) is 0.0909. The second kappa shape index (κ2) is 3.96. The normalized spacial score (nSPS) is 9.93. The second-order valence-corrected chi connectivity index (χ2v) is 3.13.